The van der Waals surface area contributed by atoms with Crippen molar-refractivity contribution in [2.24, 2.45) is 0 Å². The molecule has 236 valence electrons. The van der Waals surface area contributed by atoms with Crippen molar-refractivity contribution in [3.63, 3.8) is 0 Å². The first-order valence-electron chi connectivity index (χ1n) is 16.1. The van der Waals surface area contributed by atoms with Crippen LogP contribution in [0.4, 0.5) is 0 Å². The maximum absolute atomic E-state index is 12.5. The maximum Gasteiger partial charge on any atom is 0.306 e. The van der Waals surface area contributed by atoms with Gasteiger partial charge in [0.05, 0.1) is 40.3 Å². The second-order valence-electron chi connectivity index (χ2n) is 12.1. The highest BCUT2D eigenvalue weighted by Crippen LogP contribution is 2.13. The smallest absolute Gasteiger partial charge is 0.306 e. The van der Waals surface area contributed by atoms with E-state index in [1.54, 1.807) is 21.1 Å². The number of likely N-dealkylation sites (N-methyl/N-ethyl adjacent to an activating group) is 1. The van der Waals surface area contributed by atoms with E-state index in [4.69, 9.17) is 14.2 Å². The zero-order chi connectivity index (χ0) is 30.1. The summed E-state index contributed by atoms with van der Waals surface area (Å²) in [5.41, 5.74) is 0. The Morgan fingerprint density at radius 2 is 1.10 bits per heavy atom. The summed E-state index contributed by atoms with van der Waals surface area (Å²) >= 11 is 0. The highest BCUT2D eigenvalue weighted by Gasteiger charge is 2.25. The summed E-state index contributed by atoms with van der Waals surface area (Å²) in [5.74, 6) is -1.75. The first-order chi connectivity index (χ1) is 19.1. The molecule has 0 radical (unpaired) electrons. The van der Waals surface area contributed by atoms with E-state index in [0.29, 0.717) is 12.8 Å². The third-order valence-electron chi connectivity index (χ3n) is 7.24. The summed E-state index contributed by atoms with van der Waals surface area (Å²) < 4.78 is 16.9. The summed E-state index contributed by atoms with van der Waals surface area (Å²) in [6.07, 6.45) is 18.7. The Morgan fingerprint density at radius 1 is 0.650 bits per heavy atom. The van der Waals surface area contributed by atoms with Crippen molar-refractivity contribution >= 4 is 17.9 Å². The zero-order valence-electron chi connectivity index (χ0n) is 26.5. The van der Waals surface area contributed by atoms with Gasteiger partial charge in [-0.1, -0.05) is 104 Å². The number of rotatable bonds is 28. The molecule has 0 fully saturated rings. The topological polar surface area (TPSA) is 102 Å². The Bertz CT molecular complexity index is 648. The molecule has 0 amide bonds. The van der Waals surface area contributed by atoms with Crippen LogP contribution in [0.2, 0.25) is 0 Å². The molecule has 8 heteroatoms. The van der Waals surface area contributed by atoms with Crippen LogP contribution in [0.1, 0.15) is 136 Å². The number of carbonyl (C=O) groups is 3. The highest BCUT2D eigenvalue weighted by molar-refractivity contribution is 5.70. The molecule has 0 spiro atoms. The van der Waals surface area contributed by atoms with Crippen LogP contribution < -0.4 is 5.11 Å². The van der Waals surface area contributed by atoms with E-state index in [2.05, 4.69) is 13.8 Å². The SMILES string of the molecule is CCCCCCCCCCCCCC(=O)OC(COCCC(C(=O)[O-])[N+](C)(C)C)COC(=O)CCCCCCC. The van der Waals surface area contributed by atoms with Gasteiger partial charge in [0.15, 0.2) is 6.10 Å². The molecule has 8 nitrogen and oxygen atoms in total. The first kappa shape index (κ1) is 38.3. The van der Waals surface area contributed by atoms with E-state index in [-0.39, 0.29) is 42.7 Å². The van der Waals surface area contributed by atoms with Crippen molar-refractivity contribution in [1.29, 1.82) is 0 Å². The van der Waals surface area contributed by atoms with Crippen LogP contribution in [0, 0.1) is 0 Å². The number of unbranched alkanes of at least 4 members (excludes halogenated alkanes) is 14. The second kappa shape index (κ2) is 25.1. The maximum atomic E-state index is 12.5. The molecule has 0 saturated carbocycles. The number of esters is 2. The molecular weight excluding hydrogens is 510 g/mol. The molecule has 2 unspecified atom stereocenters. The molecule has 0 aromatic rings. The van der Waals surface area contributed by atoms with Gasteiger partial charge < -0.3 is 28.6 Å². The number of carboxylic acid groups (broad SMARTS) is 1. The number of nitrogens with zero attached hydrogens (tertiary/aromatic N) is 1. The number of aliphatic carboxylic acids is 1. The van der Waals surface area contributed by atoms with Gasteiger partial charge in [0.25, 0.3) is 0 Å². The van der Waals surface area contributed by atoms with Crippen LogP contribution in [0.3, 0.4) is 0 Å². The van der Waals surface area contributed by atoms with Crippen molar-refractivity contribution in [3.8, 4) is 0 Å². The number of carboxylic acids is 1. The van der Waals surface area contributed by atoms with Crippen molar-refractivity contribution in [2.75, 3.05) is 41.0 Å². The van der Waals surface area contributed by atoms with Crippen LogP contribution in [-0.4, -0.2) is 75.5 Å². The van der Waals surface area contributed by atoms with Gasteiger partial charge in [-0.15, -0.1) is 0 Å². The highest BCUT2D eigenvalue weighted by atomic mass is 16.6. The van der Waals surface area contributed by atoms with E-state index in [1.807, 2.05) is 0 Å². The summed E-state index contributed by atoms with van der Waals surface area (Å²) in [7, 11) is 5.38. The minimum absolute atomic E-state index is 0.0463. The fourth-order valence-corrected chi connectivity index (χ4v) is 4.66. The number of hydrogen-bond acceptors (Lipinski definition) is 7. The van der Waals surface area contributed by atoms with Crippen LogP contribution in [-0.2, 0) is 28.6 Å². The predicted octanol–water partition coefficient (Wildman–Crippen LogP) is 5.73. The fourth-order valence-electron chi connectivity index (χ4n) is 4.66. The van der Waals surface area contributed by atoms with E-state index in [1.165, 1.54) is 51.4 Å². The molecular formula is C32H61NO7. The Morgan fingerprint density at radius 3 is 1.55 bits per heavy atom. The number of quaternary nitrogens is 1. The minimum atomic E-state index is -1.13. The van der Waals surface area contributed by atoms with Crippen LogP contribution in [0.5, 0.6) is 0 Å². The van der Waals surface area contributed by atoms with Crippen molar-refractivity contribution in [1.82, 2.24) is 0 Å². The average molecular weight is 572 g/mol. The van der Waals surface area contributed by atoms with E-state index < -0.39 is 18.1 Å². The van der Waals surface area contributed by atoms with Gasteiger partial charge in [-0.05, 0) is 12.8 Å². The molecule has 0 bridgehead atoms. The van der Waals surface area contributed by atoms with Gasteiger partial charge in [-0.2, -0.15) is 0 Å². The molecule has 0 aliphatic carbocycles. The molecule has 2 atom stereocenters. The lowest BCUT2D eigenvalue weighted by molar-refractivity contribution is -0.889. The van der Waals surface area contributed by atoms with Crippen molar-refractivity contribution in [3.05, 3.63) is 0 Å². The Labute approximate surface area is 245 Å². The molecule has 0 rings (SSSR count). The molecule has 0 aliphatic heterocycles. The Hall–Kier alpha value is -1.67. The largest absolute Gasteiger partial charge is 0.544 e. The second-order valence-corrected chi connectivity index (χ2v) is 12.1. The van der Waals surface area contributed by atoms with Gasteiger partial charge in [0.2, 0.25) is 0 Å². The number of hydrogen-bond donors (Lipinski definition) is 0. The molecule has 0 N–H and O–H groups in total. The van der Waals surface area contributed by atoms with Crippen molar-refractivity contribution < 1.29 is 38.2 Å². The van der Waals surface area contributed by atoms with Crippen LogP contribution in [0.15, 0.2) is 0 Å². The van der Waals surface area contributed by atoms with Gasteiger partial charge in [-0.3, -0.25) is 9.59 Å². The van der Waals surface area contributed by atoms with Gasteiger partial charge >= 0.3 is 11.9 Å². The molecule has 0 saturated heterocycles. The minimum Gasteiger partial charge on any atom is -0.544 e. The Kier molecular flexibility index (Phi) is 24.0. The standard InChI is InChI=1S/C32H61NO7/c1-6-8-10-12-13-14-15-16-17-19-21-23-31(35)40-28(27-39-30(34)22-20-18-11-9-7-2)26-38-25-24-29(32(36)37)33(3,4)5/h28-29H,6-27H2,1-5H3. The normalized spacial score (nSPS) is 13.1. The van der Waals surface area contributed by atoms with E-state index >= 15 is 0 Å². The lowest BCUT2D eigenvalue weighted by Crippen LogP contribution is -2.55. The monoisotopic (exact) mass is 571 g/mol. The number of ether oxygens (including phenoxy) is 3. The molecule has 0 aromatic heterocycles. The molecule has 40 heavy (non-hydrogen) atoms. The fraction of sp³-hybridized carbons (Fsp3) is 0.906. The van der Waals surface area contributed by atoms with Crippen molar-refractivity contribution in [2.45, 2.75) is 148 Å². The third-order valence-corrected chi connectivity index (χ3v) is 7.24. The summed E-state index contributed by atoms with van der Waals surface area (Å²) in [6, 6.07) is -0.715. The predicted molar refractivity (Wildman–Crippen MR) is 158 cm³/mol. The lowest BCUT2D eigenvalue weighted by Gasteiger charge is -2.34. The van der Waals surface area contributed by atoms with Crippen LogP contribution in [0.25, 0.3) is 0 Å². The molecule has 0 heterocycles. The first-order valence-corrected chi connectivity index (χ1v) is 16.1. The molecule has 0 aromatic carbocycles. The summed E-state index contributed by atoms with van der Waals surface area (Å²) in [6.45, 7) is 4.55. The third kappa shape index (κ3) is 23.1. The van der Waals surface area contributed by atoms with E-state index in [9.17, 15) is 19.5 Å². The Balaban J connectivity index is 4.44. The zero-order valence-corrected chi connectivity index (χ0v) is 26.5. The average Bonchev–Trinajstić information content (AvgIpc) is 2.88. The molecule has 0 aliphatic rings. The summed E-state index contributed by atoms with van der Waals surface area (Å²) in [4.78, 5) is 36.1. The summed E-state index contributed by atoms with van der Waals surface area (Å²) in [5, 5.41) is 11.5. The number of carbonyl (C=O) groups excluding carboxylic acids is 3. The van der Waals surface area contributed by atoms with Gasteiger partial charge in [-0.25, -0.2) is 0 Å². The van der Waals surface area contributed by atoms with E-state index in [0.717, 1.165) is 51.4 Å². The quantitative estimate of drug-likeness (QED) is 0.0671. The van der Waals surface area contributed by atoms with Crippen LogP contribution >= 0.6 is 0 Å². The van der Waals surface area contributed by atoms with Gasteiger partial charge in [0, 0.05) is 19.3 Å². The van der Waals surface area contributed by atoms with Gasteiger partial charge in [0.1, 0.15) is 12.6 Å². The lowest BCUT2D eigenvalue weighted by atomic mass is 10.1.